The fourth-order valence-electron chi connectivity index (χ4n) is 4.47. The average molecular weight is 601 g/mol. The van der Waals surface area contributed by atoms with Gasteiger partial charge in [-0.25, -0.2) is 13.2 Å². The molecule has 1 amide bonds. The summed E-state index contributed by atoms with van der Waals surface area (Å²) in [7, 11) is -3.58. The average Bonchev–Trinajstić information content (AvgIpc) is 2.82. The number of halogens is 1. The molecule has 1 heterocycles. The van der Waals surface area contributed by atoms with Gasteiger partial charge in [-0.05, 0) is 56.9 Å². The number of phenolic OH excluding ortho intramolecular Hbond substituents is 1. The summed E-state index contributed by atoms with van der Waals surface area (Å²) in [6, 6.07) is 12.1. The van der Waals surface area contributed by atoms with Crippen molar-refractivity contribution < 1.29 is 28.2 Å². The van der Waals surface area contributed by atoms with Crippen LogP contribution in [0.25, 0.3) is 0 Å². The van der Waals surface area contributed by atoms with E-state index in [2.05, 4.69) is 10.0 Å². The molecule has 2 aromatic carbocycles. The molecular weight excluding hydrogens is 562 g/mol. The molecular formula is C26H38BrN3O6S. The molecule has 0 aliphatic carbocycles. The maximum Gasteiger partial charge on any atom is 0.415 e. The number of carbonyl (C=O) groups excluding carboxylic acids is 1. The van der Waals surface area contributed by atoms with Gasteiger partial charge in [0.15, 0.2) is 0 Å². The third-order valence-electron chi connectivity index (χ3n) is 6.77. The Morgan fingerprint density at radius 3 is 2.41 bits per heavy atom. The summed E-state index contributed by atoms with van der Waals surface area (Å²) in [5.74, 6) is -0.228. The lowest BCUT2D eigenvalue weighted by Crippen LogP contribution is -2.49. The second-order valence-corrected chi connectivity index (χ2v) is 11.7. The van der Waals surface area contributed by atoms with Crippen molar-refractivity contribution in [3.05, 3.63) is 53.6 Å². The van der Waals surface area contributed by atoms with Gasteiger partial charge in [0.25, 0.3) is 0 Å². The third kappa shape index (κ3) is 7.37. The van der Waals surface area contributed by atoms with Gasteiger partial charge in [-0.3, -0.25) is 9.62 Å². The van der Waals surface area contributed by atoms with E-state index in [1.165, 1.54) is 18.2 Å². The van der Waals surface area contributed by atoms with E-state index in [9.17, 15) is 23.4 Å². The number of aliphatic hydroxyl groups excluding tert-OH is 1. The predicted molar refractivity (Wildman–Crippen MR) is 151 cm³/mol. The molecule has 9 nitrogen and oxygen atoms in total. The van der Waals surface area contributed by atoms with Crippen LogP contribution in [-0.2, 0) is 20.4 Å². The fourth-order valence-corrected chi connectivity index (χ4v) is 5.03. The number of anilines is 2. The molecule has 0 saturated carbocycles. The van der Waals surface area contributed by atoms with Crippen molar-refractivity contribution in [2.75, 3.05) is 29.0 Å². The number of aliphatic hydroxyl groups is 1. The monoisotopic (exact) mass is 599 g/mol. The first-order valence-electron chi connectivity index (χ1n) is 12.1. The SMILES string of the molecule is Br.CCC1(CC)OC(=O)N(CCC(C)(C)NC[C@H](O)c2ccc(O)c(NS(C)(=O)=O)c2)c2ccccc21. The number of fused-ring (bicyclic) bond motifs is 1. The Bertz CT molecular complexity index is 1200. The molecule has 1 aliphatic rings. The Kier molecular flexibility index (Phi) is 10.0. The zero-order valence-electron chi connectivity index (χ0n) is 21.9. The quantitative estimate of drug-likeness (QED) is 0.273. The van der Waals surface area contributed by atoms with E-state index in [4.69, 9.17) is 4.74 Å². The van der Waals surface area contributed by atoms with E-state index in [1.54, 1.807) is 4.90 Å². The minimum atomic E-state index is -3.58. The standard InChI is InChI=1S/C26H37N3O6S.BrH/c1-6-26(7-2)19-10-8-9-11-21(19)29(24(32)35-26)15-14-25(3,4)27-17-23(31)18-12-13-22(30)20(16-18)28-36(5,33)34;/h8-13,16,23,27-28,30-31H,6-7,14-15,17H2,1-5H3;1H/t23-;/m0./s1. The van der Waals surface area contributed by atoms with Crippen LogP contribution in [-0.4, -0.2) is 49.6 Å². The number of amides is 1. The Balaban J connectivity index is 0.00000481. The number of aromatic hydroxyl groups is 1. The number of carbonyl (C=O) groups is 1. The van der Waals surface area contributed by atoms with Crippen molar-refractivity contribution >= 4 is 44.5 Å². The Morgan fingerprint density at radius 1 is 1.14 bits per heavy atom. The Labute approximate surface area is 230 Å². The number of sulfonamides is 1. The number of nitrogens with one attached hydrogen (secondary N) is 2. The second-order valence-electron chi connectivity index (χ2n) is 9.92. The van der Waals surface area contributed by atoms with Gasteiger partial charge in [-0.2, -0.15) is 0 Å². The lowest BCUT2D eigenvalue weighted by Gasteiger charge is -2.42. The number of cyclic esters (lactones) is 1. The van der Waals surface area contributed by atoms with Crippen LogP contribution in [0.4, 0.5) is 16.2 Å². The zero-order chi connectivity index (χ0) is 26.7. The first-order chi connectivity index (χ1) is 16.8. The van der Waals surface area contributed by atoms with Crippen LogP contribution in [0.5, 0.6) is 5.75 Å². The molecule has 0 fully saturated rings. The summed E-state index contributed by atoms with van der Waals surface area (Å²) in [4.78, 5) is 14.7. The third-order valence-corrected chi connectivity index (χ3v) is 7.36. The molecule has 3 rings (SSSR count). The highest BCUT2D eigenvalue weighted by molar-refractivity contribution is 8.93. The van der Waals surface area contributed by atoms with Gasteiger partial charge in [-0.15, -0.1) is 17.0 Å². The first kappa shape index (κ1) is 30.9. The van der Waals surface area contributed by atoms with Gasteiger partial charge in [0.2, 0.25) is 10.0 Å². The van der Waals surface area contributed by atoms with E-state index in [0.29, 0.717) is 31.4 Å². The van der Waals surface area contributed by atoms with Gasteiger partial charge in [0.05, 0.1) is 23.7 Å². The number of benzene rings is 2. The molecule has 1 atom stereocenters. The Morgan fingerprint density at radius 2 is 1.78 bits per heavy atom. The molecule has 0 aromatic heterocycles. The normalized spacial score (nSPS) is 15.8. The van der Waals surface area contributed by atoms with Crippen molar-refractivity contribution in [1.82, 2.24) is 5.32 Å². The van der Waals surface area contributed by atoms with E-state index in [0.717, 1.165) is 17.5 Å². The van der Waals surface area contributed by atoms with Gasteiger partial charge in [-0.1, -0.05) is 38.1 Å². The number of para-hydroxylation sites is 1. The van der Waals surface area contributed by atoms with Crippen molar-refractivity contribution in [1.29, 1.82) is 0 Å². The first-order valence-corrected chi connectivity index (χ1v) is 14.0. The molecule has 0 radical (unpaired) electrons. The van der Waals surface area contributed by atoms with Crippen LogP contribution in [0, 0.1) is 0 Å². The van der Waals surface area contributed by atoms with Gasteiger partial charge < -0.3 is 20.3 Å². The van der Waals surface area contributed by atoms with Crippen LogP contribution < -0.4 is 14.9 Å². The number of hydrogen-bond acceptors (Lipinski definition) is 7. The van der Waals surface area contributed by atoms with E-state index < -0.39 is 27.3 Å². The van der Waals surface area contributed by atoms with Crippen LogP contribution >= 0.6 is 17.0 Å². The number of ether oxygens (including phenoxy) is 1. The number of hydrogen-bond donors (Lipinski definition) is 4. The molecule has 0 bridgehead atoms. The highest BCUT2D eigenvalue weighted by atomic mass is 79.9. The fraction of sp³-hybridized carbons (Fsp3) is 0.500. The van der Waals surface area contributed by atoms with Crippen LogP contribution in [0.15, 0.2) is 42.5 Å². The summed E-state index contributed by atoms with van der Waals surface area (Å²) in [6.07, 6.45) is 1.67. The number of rotatable bonds is 11. The lowest BCUT2D eigenvalue weighted by molar-refractivity contribution is -0.00134. The predicted octanol–water partition coefficient (Wildman–Crippen LogP) is 4.81. The maximum atomic E-state index is 13.0. The van der Waals surface area contributed by atoms with Crippen molar-refractivity contribution in [2.45, 2.75) is 64.2 Å². The highest BCUT2D eigenvalue weighted by Crippen LogP contribution is 2.43. The highest BCUT2D eigenvalue weighted by Gasteiger charge is 2.42. The van der Waals surface area contributed by atoms with Crippen LogP contribution in [0.2, 0.25) is 0 Å². The summed E-state index contributed by atoms with van der Waals surface area (Å²) in [5.41, 5.74) is 1.28. The van der Waals surface area contributed by atoms with E-state index in [1.807, 2.05) is 52.0 Å². The lowest BCUT2D eigenvalue weighted by atomic mass is 9.85. The molecule has 0 unspecified atom stereocenters. The number of phenols is 1. The molecule has 206 valence electrons. The summed E-state index contributed by atoms with van der Waals surface area (Å²) in [5, 5.41) is 23.9. The number of nitrogens with zero attached hydrogens (tertiary/aromatic N) is 1. The van der Waals surface area contributed by atoms with Crippen molar-refractivity contribution in [3.63, 3.8) is 0 Å². The van der Waals surface area contributed by atoms with E-state index >= 15 is 0 Å². The molecule has 4 N–H and O–H groups in total. The number of β-amino-alcohol motifs (C(OH)–C–C–N with tert-alkyl or cyclic N) is 1. The minimum absolute atomic E-state index is 0. The topological polar surface area (TPSA) is 128 Å². The molecule has 0 saturated heterocycles. The van der Waals surface area contributed by atoms with Gasteiger partial charge in [0, 0.05) is 24.2 Å². The second kappa shape index (κ2) is 12.0. The molecule has 2 aromatic rings. The van der Waals surface area contributed by atoms with Crippen molar-refractivity contribution in [3.8, 4) is 5.75 Å². The Hall–Kier alpha value is -2.34. The minimum Gasteiger partial charge on any atom is -0.506 e. The van der Waals surface area contributed by atoms with E-state index in [-0.39, 0.29) is 41.1 Å². The molecule has 0 spiro atoms. The summed E-state index contributed by atoms with van der Waals surface area (Å²) < 4.78 is 31.2. The van der Waals surface area contributed by atoms with Gasteiger partial charge >= 0.3 is 6.09 Å². The largest absolute Gasteiger partial charge is 0.506 e. The summed E-state index contributed by atoms with van der Waals surface area (Å²) >= 11 is 0. The smallest absolute Gasteiger partial charge is 0.415 e. The maximum absolute atomic E-state index is 13.0. The van der Waals surface area contributed by atoms with Gasteiger partial charge in [0.1, 0.15) is 11.4 Å². The molecule has 37 heavy (non-hydrogen) atoms. The van der Waals surface area contributed by atoms with Crippen LogP contribution in [0.3, 0.4) is 0 Å². The molecule has 1 aliphatic heterocycles. The van der Waals surface area contributed by atoms with Crippen LogP contribution in [0.1, 0.15) is 64.2 Å². The van der Waals surface area contributed by atoms with Crippen molar-refractivity contribution in [2.24, 2.45) is 0 Å². The zero-order valence-corrected chi connectivity index (χ0v) is 24.5. The molecule has 11 heteroatoms. The summed E-state index contributed by atoms with van der Waals surface area (Å²) in [6.45, 7) is 8.63.